The Balaban J connectivity index is 2.96. The minimum atomic E-state index is -0.328. The second-order valence-corrected chi connectivity index (χ2v) is 2.95. The van der Waals surface area contributed by atoms with E-state index in [1.54, 1.807) is 18.2 Å². The maximum absolute atomic E-state index is 11.2. The van der Waals surface area contributed by atoms with E-state index < -0.39 is 0 Å². The summed E-state index contributed by atoms with van der Waals surface area (Å²) < 4.78 is 1.12. The van der Waals surface area contributed by atoms with Crippen LogP contribution in [0.5, 0.6) is 0 Å². The van der Waals surface area contributed by atoms with Crippen LogP contribution in [0.4, 0.5) is 0 Å². The predicted octanol–water partition coefficient (Wildman–Crippen LogP) is 1.04. The van der Waals surface area contributed by atoms with Gasteiger partial charge in [0.1, 0.15) is 12.6 Å². The van der Waals surface area contributed by atoms with Crippen LogP contribution >= 0.6 is 11.6 Å². The van der Waals surface area contributed by atoms with Gasteiger partial charge in [0.05, 0.1) is 10.5 Å². The number of H-pyrrole nitrogens is 1. The first kappa shape index (κ1) is 8.19. The fourth-order valence-electron chi connectivity index (χ4n) is 1.26. The lowest BCUT2D eigenvalue weighted by Gasteiger charge is -1.99. The molecule has 1 aromatic carbocycles. The van der Waals surface area contributed by atoms with Crippen molar-refractivity contribution in [2.24, 2.45) is 0 Å². The third-order valence-electron chi connectivity index (χ3n) is 1.80. The fraction of sp³-hybridized carbons (Fsp3) is 0.125. The Bertz CT molecular complexity index is 500. The van der Waals surface area contributed by atoms with E-state index in [9.17, 15) is 4.79 Å². The van der Waals surface area contributed by atoms with Crippen LogP contribution in [0.15, 0.2) is 23.0 Å². The Labute approximate surface area is 78.6 Å². The lowest BCUT2D eigenvalue weighted by atomic mass is 10.3. The highest BCUT2D eigenvalue weighted by molar-refractivity contribution is 6.34. The first-order valence-corrected chi connectivity index (χ1v) is 4.05. The van der Waals surface area contributed by atoms with Gasteiger partial charge in [0.25, 0.3) is 0 Å². The molecule has 0 atom stereocenters. The van der Waals surface area contributed by atoms with Crippen LogP contribution in [0, 0.1) is 0 Å². The van der Waals surface area contributed by atoms with Gasteiger partial charge in [0.15, 0.2) is 0 Å². The normalized spacial score (nSPS) is 10.6. The van der Waals surface area contributed by atoms with Gasteiger partial charge in [-0.05, 0) is 12.1 Å². The van der Waals surface area contributed by atoms with E-state index in [-0.39, 0.29) is 5.69 Å². The summed E-state index contributed by atoms with van der Waals surface area (Å²) in [4.78, 5) is 18.7. The van der Waals surface area contributed by atoms with Crippen LogP contribution in [0.25, 0.3) is 11.0 Å². The van der Waals surface area contributed by atoms with Gasteiger partial charge in [-0.25, -0.2) is 4.79 Å². The second-order valence-electron chi connectivity index (χ2n) is 2.54. The van der Waals surface area contributed by atoms with Crippen LogP contribution in [-0.2, 0) is 0 Å². The molecule has 0 aliphatic heterocycles. The molecule has 0 amide bonds. The number of halogens is 1. The van der Waals surface area contributed by atoms with Crippen molar-refractivity contribution in [3.63, 3.8) is 0 Å². The zero-order valence-electron chi connectivity index (χ0n) is 6.87. The minimum absolute atomic E-state index is 0.328. The molecule has 0 aliphatic rings. The molecule has 68 valence electrons. The summed E-state index contributed by atoms with van der Waals surface area (Å²) in [6.45, 7) is 0. The van der Waals surface area contributed by atoms with Crippen molar-refractivity contribution in [3.05, 3.63) is 33.7 Å². The van der Waals surface area contributed by atoms with E-state index in [0.29, 0.717) is 16.1 Å². The third kappa shape index (κ3) is 1.10. The first-order valence-electron chi connectivity index (χ1n) is 3.68. The number of aromatic amines is 1. The molecule has 0 saturated carbocycles. The Morgan fingerprint density at radius 3 is 3.00 bits per heavy atom. The van der Waals surface area contributed by atoms with Gasteiger partial charge in [0.2, 0.25) is 0 Å². The molecular formula is C8H7ClN2O2. The van der Waals surface area contributed by atoms with Gasteiger partial charge >= 0.3 is 5.69 Å². The number of fused-ring (bicyclic) bond motifs is 1. The lowest BCUT2D eigenvalue weighted by Crippen LogP contribution is -2.21. The first-order chi connectivity index (χ1) is 6.24. The molecule has 5 heteroatoms. The molecule has 2 rings (SSSR count). The van der Waals surface area contributed by atoms with Gasteiger partial charge in [0, 0.05) is 0 Å². The standard InChI is InChI=1S/C8H7ClN2O2/c1-13-11-7-5(9)3-2-4-6(7)10-8(11)12/h2-4H,1H3,(H,10,12). The molecule has 1 N–H and O–H groups in total. The van der Waals surface area contributed by atoms with Gasteiger partial charge in [-0.15, -0.1) is 4.73 Å². The lowest BCUT2D eigenvalue weighted by molar-refractivity contribution is 0.169. The summed E-state index contributed by atoms with van der Waals surface area (Å²) in [7, 11) is 1.41. The highest BCUT2D eigenvalue weighted by Gasteiger charge is 2.08. The van der Waals surface area contributed by atoms with Crippen molar-refractivity contribution in [3.8, 4) is 0 Å². The van der Waals surface area contributed by atoms with E-state index in [0.717, 1.165) is 4.73 Å². The molecule has 0 unspecified atom stereocenters. The number of nitrogens with zero attached hydrogens (tertiary/aromatic N) is 1. The van der Waals surface area contributed by atoms with Crippen molar-refractivity contribution >= 4 is 22.6 Å². The Morgan fingerprint density at radius 1 is 1.54 bits per heavy atom. The van der Waals surface area contributed by atoms with E-state index in [2.05, 4.69) is 4.98 Å². The van der Waals surface area contributed by atoms with Crippen molar-refractivity contribution in [1.82, 2.24) is 9.71 Å². The molecule has 1 heterocycles. The summed E-state index contributed by atoms with van der Waals surface area (Å²) in [5, 5.41) is 0.484. The fourth-order valence-corrected chi connectivity index (χ4v) is 1.52. The molecule has 0 fully saturated rings. The number of nitrogens with one attached hydrogen (secondary N) is 1. The molecule has 4 nitrogen and oxygen atoms in total. The zero-order valence-corrected chi connectivity index (χ0v) is 7.63. The van der Waals surface area contributed by atoms with Crippen molar-refractivity contribution < 1.29 is 4.84 Å². The average molecular weight is 199 g/mol. The van der Waals surface area contributed by atoms with Crippen molar-refractivity contribution in [2.75, 3.05) is 7.11 Å². The molecule has 0 radical (unpaired) electrons. The van der Waals surface area contributed by atoms with E-state index in [1.807, 2.05) is 0 Å². The largest absolute Gasteiger partial charge is 0.412 e. The van der Waals surface area contributed by atoms with Crippen molar-refractivity contribution in [1.29, 1.82) is 0 Å². The Morgan fingerprint density at radius 2 is 2.31 bits per heavy atom. The summed E-state index contributed by atoms with van der Waals surface area (Å²) in [6.07, 6.45) is 0. The smallest absolute Gasteiger partial charge is 0.359 e. The third-order valence-corrected chi connectivity index (χ3v) is 2.10. The highest BCUT2D eigenvalue weighted by atomic mass is 35.5. The Kier molecular flexibility index (Phi) is 1.77. The summed E-state index contributed by atoms with van der Waals surface area (Å²) in [5.41, 5.74) is 0.904. The number of hydrogen-bond donors (Lipinski definition) is 1. The van der Waals surface area contributed by atoms with E-state index in [4.69, 9.17) is 16.4 Å². The van der Waals surface area contributed by atoms with Gasteiger partial charge in [-0.1, -0.05) is 17.7 Å². The highest BCUT2D eigenvalue weighted by Crippen LogP contribution is 2.19. The number of imidazole rings is 1. The number of para-hydroxylation sites is 1. The zero-order chi connectivity index (χ0) is 9.42. The average Bonchev–Trinajstić information content (AvgIpc) is 2.42. The second kappa shape index (κ2) is 2.81. The molecule has 13 heavy (non-hydrogen) atoms. The quantitative estimate of drug-likeness (QED) is 0.745. The number of hydrogen-bond acceptors (Lipinski definition) is 2. The van der Waals surface area contributed by atoms with Crippen LogP contribution in [0.2, 0.25) is 5.02 Å². The summed E-state index contributed by atoms with van der Waals surface area (Å²) in [6, 6.07) is 5.23. The number of rotatable bonds is 1. The molecule has 0 bridgehead atoms. The number of aromatic nitrogens is 2. The summed E-state index contributed by atoms with van der Waals surface area (Å²) >= 11 is 5.89. The molecular weight excluding hydrogens is 192 g/mol. The molecule has 2 aromatic rings. The van der Waals surface area contributed by atoms with Gasteiger partial charge in [-0.3, -0.25) is 0 Å². The topological polar surface area (TPSA) is 47.0 Å². The molecule has 1 aromatic heterocycles. The SMILES string of the molecule is COn1c(=O)[nH]c2cccc(Cl)c21. The van der Waals surface area contributed by atoms with Crippen LogP contribution < -0.4 is 10.5 Å². The maximum atomic E-state index is 11.2. The summed E-state index contributed by atoms with van der Waals surface area (Å²) in [5.74, 6) is 0. The Hall–Kier alpha value is -1.42. The van der Waals surface area contributed by atoms with E-state index in [1.165, 1.54) is 7.11 Å². The van der Waals surface area contributed by atoms with Crippen molar-refractivity contribution in [2.45, 2.75) is 0 Å². The van der Waals surface area contributed by atoms with Crippen LogP contribution in [-0.4, -0.2) is 16.8 Å². The molecule has 0 saturated heterocycles. The predicted molar refractivity (Wildman–Crippen MR) is 50.1 cm³/mol. The van der Waals surface area contributed by atoms with E-state index >= 15 is 0 Å². The minimum Gasteiger partial charge on any atom is -0.412 e. The monoisotopic (exact) mass is 198 g/mol. The molecule has 0 spiro atoms. The maximum Gasteiger partial charge on any atom is 0.359 e. The van der Waals surface area contributed by atoms with Crippen LogP contribution in [0.1, 0.15) is 0 Å². The molecule has 0 aliphatic carbocycles. The van der Waals surface area contributed by atoms with Crippen LogP contribution in [0.3, 0.4) is 0 Å². The van der Waals surface area contributed by atoms with Gasteiger partial charge < -0.3 is 9.82 Å². The van der Waals surface area contributed by atoms with Gasteiger partial charge in [-0.2, -0.15) is 0 Å². The number of benzene rings is 1.